The number of hydrogen-bond acceptors (Lipinski definition) is 0. The fourth-order valence-electron chi connectivity index (χ4n) is 4.21. The van der Waals surface area contributed by atoms with Gasteiger partial charge in [0.25, 0.3) is 0 Å². The van der Waals surface area contributed by atoms with Crippen molar-refractivity contribution in [3.8, 4) is 24.7 Å². The topological polar surface area (TPSA) is 0 Å². The molecule has 0 nitrogen and oxygen atoms in total. The molecule has 30 heavy (non-hydrogen) atoms. The Labute approximate surface area is 188 Å². The molecule has 1 rings (SSSR count). The first kappa shape index (κ1) is 26.4. The Morgan fingerprint density at radius 2 is 0.967 bits per heavy atom. The van der Waals surface area contributed by atoms with E-state index in [2.05, 4.69) is 65.5 Å². The second kappa shape index (κ2) is 14.4. The molecule has 0 saturated carbocycles. The average Bonchev–Trinajstić information content (AvgIpc) is 2.69. The molecule has 0 aliphatic rings. The average molecular weight is 407 g/mol. The van der Waals surface area contributed by atoms with Gasteiger partial charge in [0.1, 0.15) is 0 Å². The molecular formula is C30H46. The van der Waals surface area contributed by atoms with Crippen LogP contribution < -0.4 is 0 Å². The van der Waals surface area contributed by atoms with Crippen LogP contribution >= 0.6 is 0 Å². The molecule has 0 spiro atoms. The predicted molar refractivity (Wildman–Crippen MR) is 135 cm³/mol. The molecule has 0 aliphatic carbocycles. The van der Waals surface area contributed by atoms with Crippen molar-refractivity contribution in [3.05, 3.63) is 34.4 Å². The summed E-state index contributed by atoms with van der Waals surface area (Å²) < 4.78 is 0. The van der Waals surface area contributed by atoms with Crippen molar-refractivity contribution in [2.24, 2.45) is 23.7 Å². The van der Waals surface area contributed by atoms with Crippen molar-refractivity contribution in [2.45, 2.75) is 106 Å². The lowest BCUT2D eigenvalue weighted by atomic mass is 9.88. The largest absolute Gasteiger partial charge is 0.115 e. The molecule has 0 heterocycles. The summed E-state index contributed by atoms with van der Waals surface area (Å²) in [6, 6.07) is 4.41. The highest BCUT2D eigenvalue weighted by Gasteiger charge is 2.12. The lowest BCUT2D eigenvalue weighted by molar-refractivity contribution is 0.436. The van der Waals surface area contributed by atoms with Gasteiger partial charge in [-0.2, -0.15) is 0 Å². The van der Waals surface area contributed by atoms with Gasteiger partial charge in [0.05, 0.1) is 0 Å². The first-order valence-corrected chi connectivity index (χ1v) is 12.4. The molecule has 0 heteroatoms. The molecular weight excluding hydrogens is 360 g/mol. The second-order valence-corrected chi connectivity index (χ2v) is 10.4. The maximum absolute atomic E-state index is 5.88. The van der Waals surface area contributed by atoms with E-state index in [1.54, 1.807) is 0 Å². The maximum atomic E-state index is 5.88. The summed E-state index contributed by atoms with van der Waals surface area (Å²) in [6.07, 6.45) is 24.1. The first-order valence-electron chi connectivity index (χ1n) is 12.4. The molecule has 0 saturated heterocycles. The van der Waals surface area contributed by atoms with Gasteiger partial charge < -0.3 is 0 Å². The number of rotatable bonds is 14. The van der Waals surface area contributed by atoms with Crippen molar-refractivity contribution in [1.82, 2.24) is 0 Å². The molecule has 0 fully saturated rings. The van der Waals surface area contributed by atoms with Gasteiger partial charge in [0.15, 0.2) is 0 Å². The van der Waals surface area contributed by atoms with Crippen LogP contribution in [0.1, 0.15) is 115 Å². The molecule has 2 unspecified atom stereocenters. The standard InChI is InChI=1S/C30H46/c1-9-27-21-30(20-18-26(8)16-12-14-24(5)6)28(10-2)22-29(27)19-17-25(7)15-11-13-23(3)4/h1-2,21-26H,11-20H2,3-8H3. The van der Waals surface area contributed by atoms with Crippen LogP contribution in [0, 0.1) is 48.4 Å². The van der Waals surface area contributed by atoms with E-state index in [0.29, 0.717) is 0 Å². The lowest BCUT2D eigenvalue weighted by Gasteiger charge is -2.16. The Balaban J connectivity index is 2.68. The minimum absolute atomic E-state index is 0.732. The van der Waals surface area contributed by atoms with Crippen molar-refractivity contribution >= 4 is 0 Å². The van der Waals surface area contributed by atoms with Crippen LogP contribution in [0.15, 0.2) is 12.1 Å². The molecule has 1 aromatic rings. The Morgan fingerprint density at radius 3 is 1.27 bits per heavy atom. The molecule has 0 bridgehead atoms. The Bertz CT molecular complexity index is 630. The van der Waals surface area contributed by atoms with Crippen molar-refractivity contribution in [2.75, 3.05) is 0 Å². The molecule has 166 valence electrons. The maximum Gasteiger partial charge on any atom is 0.0278 e. The van der Waals surface area contributed by atoms with Gasteiger partial charge in [0, 0.05) is 11.1 Å². The summed E-state index contributed by atoms with van der Waals surface area (Å²) in [5.74, 6) is 8.93. The van der Waals surface area contributed by atoms with Gasteiger partial charge in [0.2, 0.25) is 0 Å². The van der Waals surface area contributed by atoms with Crippen LogP contribution in [0.5, 0.6) is 0 Å². The summed E-state index contributed by atoms with van der Waals surface area (Å²) in [5, 5.41) is 0. The normalized spacial score (nSPS) is 13.3. The zero-order chi connectivity index (χ0) is 22.5. The monoisotopic (exact) mass is 406 g/mol. The fraction of sp³-hybridized carbons (Fsp3) is 0.667. The van der Waals surface area contributed by atoms with E-state index < -0.39 is 0 Å². The zero-order valence-corrected chi connectivity index (χ0v) is 20.7. The Hall–Kier alpha value is -1.66. The SMILES string of the molecule is C#Cc1cc(CCC(C)CCCC(C)C)c(C#C)cc1CCC(C)CCCC(C)C. The van der Waals surface area contributed by atoms with Crippen LogP contribution in [-0.2, 0) is 12.8 Å². The van der Waals surface area contributed by atoms with Gasteiger partial charge in [-0.25, -0.2) is 0 Å². The summed E-state index contributed by atoms with van der Waals surface area (Å²) in [5.41, 5.74) is 4.61. The second-order valence-electron chi connectivity index (χ2n) is 10.4. The summed E-state index contributed by atoms with van der Waals surface area (Å²) in [7, 11) is 0. The van der Waals surface area contributed by atoms with Crippen molar-refractivity contribution in [1.29, 1.82) is 0 Å². The summed E-state index contributed by atoms with van der Waals surface area (Å²) in [6.45, 7) is 14.0. The van der Waals surface area contributed by atoms with Gasteiger partial charge >= 0.3 is 0 Å². The van der Waals surface area contributed by atoms with Crippen molar-refractivity contribution < 1.29 is 0 Å². The van der Waals surface area contributed by atoms with Crippen LogP contribution in [0.2, 0.25) is 0 Å². The summed E-state index contributed by atoms with van der Waals surface area (Å²) >= 11 is 0. The third-order valence-electron chi connectivity index (χ3n) is 6.41. The van der Waals surface area contributed by atoms with Gasteiger partial charge in [-0.3, -0.25) is 0 Å². The molecule has 1 aromatic carbocycles. The molecule has 0 radical (unpaired) electrons. The van der Waals surface area contributed by atoms with Crippen molar-refractivity contribution in [3.63, 3.8) is 0 Å². The summed E-state index contributed by atoms with van der Waals surface area (Å²) in [4.78, 5) is 0. The lowest BCUT2D eigenvalue weighted by Crippen LogP contribution is -2.04. The zero-order valence-electron chi connectivity index (χ0n) is 20.7. The van der Waals surface area contributed by atoms with E-state index in [1.807, 2.05) is 0 Å². The minimum atomic E-state index is 0.732. The highest BCUT2D eigenvalue weighted by molar-refractivity contribution is 5.51. The third kappa shape index (κ3) is 10.4. The van der Waals surface area contributed by atoms with E-state index in [-0.39, 0.29) is 0 Å². The van der Waals surface area contributed by atoms with Crippen LogP contribution in [0.25, 0.3) is 0 Å². The highest BCUT2D eigenvalue weighted by Crippen LogP contribution is 2.24. The molecule has 0 aromatic heterocycles. The van der Waals surface area contributed by atoms with E-state index in [4.69, 9.17) is 12.8 Å². The predicted octanol–water partition coefficient (Wildman–Crippen LogP) is 8.44. The minimum Gasteiger partial charge on any atom is -0.115 e. The smallest absolute Gasteiger partial charge is 0.0278 e. The van der Waals surface area contributed by atoms with E-state index >= 15 is 0 Å². The van der Waals surface area contributed by atoms with Crippen LogP contribution in [-0.4, -0.2) is 0 Å². The molecule has 2 atom stereocenters. The molecule has 0 aliphatic heterocycles. The van der Waals surface area contributed by atoms with Crippen LogP contribution in [0.3, 0.4) is 0 Å². The van der Waals surface area contributed by atoms with E-state index in [9.17, 15) is 0 Å². The Morgan fingerprint density at radius 1 is 0.600 bits per heavy atom. The van der Waals surface area contributed by atoms with Crippen LogP contribution in [0.4, 0.5) is 0 Å². The van der Waals surface area contributed by atoms with Gasteiger partial charge in [-0.15, -0.1) is 12.8 Å². The third-order valence-corrected chi connectivity index (χ3v) is 6.41. The Kier molecular flexibility index (Phi) is 12.6. The highest BCUT2D eigenvalue weighted by atomic mass is 14.2. The number of terminal acetylenes is 2. The number of aryl methyl sites for hydroxylation is 2. The quantitative estimate of drug-likeness (QED) is 0.272. The first-order chi connectivity index (χ1) is 14.3. The van der Waals surface area contributed by atoms with Gasteiger partial charge in [-0.1, -0.05) is 91.9 Å². The van der Waals surface area contributed by atoms with E-state index in [1.165, 1.54) is 62.5 Å². The van der Waals surface area contributed by atoms with Gasteiger partial charge in [-0.05, 0) is 72.6 Å². The molecule has 0 amide bonds. The fourth-order valence-corrected chi connectivity index (χ4v) is 4.21. The number of hydrogen-bond donors (Lipinski definition) is 0. The van der Waals surface area contributed by atoms with E-state index in [0.717, 1.165) is 47.6 Å². The molecule has 0 N–H and O–H groups in total. The number of benzene rings is 1.